The maximum absolute atomic E-state index is 10.8. The molecule has 5 heteroatoms. The van der Waals surface area contributed by atoms with Gasteiger partial charge < -0.3 is 10.8 Å². The smallest absolute Gasteiger partial charge is 0.157 e. The molecule has 0 bridgehead atoms. The van der Waals surface area contributed by atoms with Gasteiger partial charge in [0.2, 0.25) is 0 Å². The van der Waals surface area contributed by atoms with Crippen LogP contribution in [0.15, 0.2) is 29.4 Å². The van der Waals surface area contributed by atoms with Gasteiger partial charge in [-0.3, -0.25) is 0 Å². The Kier molecular flexibility index (Phi) is 3.47. The maximum atomic E-state index is 10.8. The highest BCUT2D eigenvalue weighted by Crippen LogP contribution is 2.36. The minimum atomic E-state index is -0.169. The van der Waals surface area contributed by atoms with Crippen LogP contribution in [0.2, 0.25) is 5.02 Å². The quantitative estimate of drug-likeness (QED) is 0.611. The molecular formula is C13H9ClN2O2. The standard InChI is InChI=1S/C13H9ClN2O2/c14-11-7-8-3-4-12(17)13(16-18)10(8)6-9(11)2-1-5-15/h3-4,6-7,17H,5,15H2. The van der Waals surface area contributed by atoms with Crippen LogP contribution in [0.25, 0.3) is 10.8 Å². The Morgan fingerprint density at radius 2 is 2.17 bits per heavy atom. The topological polar surface area (TPSA) is 75.7 Å². The molecule has 0 aliphatic rings. The second kappa shape index (κ2) is 5.05. The number of hydrogen-bond acceptors (Lipinski definition) is 4. The van der Waals surface area contributed by atoms with Crippen molar-refractivity contribution in [2.45, 2.75) is 0 Å². The molecule has 0 heterocycles. The number of hydrogen-bond donors (Lipinski definition) is 2. The van der Waals surface area contributed by atoms with Crippen molar-refractivity contribution in [1.82, 2.24) is 0 Å². The van der Waals surface area contributed by atoms with Crippen LogP contribution in [0, 0.1) is 16.7 Å². The van der Waals surface area contributed by atoms with Gasteiger partial charge in [0.25, 0.3) is 0 Å². The molecule has 3 N–H and O–H groups in total. The summed E-state index contributed by atoms with van der Waals surface area (Å²) >= 11 is 6.06. The lowest BCUT2D eigenvalue weighted by atomic mass is 10.0. The molecule has 0 saturated carbocycles. The van der Waals surface area contributed by atoms with Crippen LogP contribution in [0.5, 0.6) is 5.75 Å². The number of phenols is 1. The summed E-state index contributed by atoms with van der Waals surface area (Å²) in [7, 11) is 0. The van der Waals surface area contributed by atoms with E-state index < -0.39 is 0 Å². The van der Waals surface area contributed by atoms with Crippen molar-refractivity contribution in [2.75, 3.05) is 6.54 Å². The lowest BCUT2D eigenvalue weighted by Crippen LogP contribution is -1.93. The number of aromatic hydroxyl groups is 1. The van der Waals surface area contributed by atoms with Crippen LogP contribution in [-0.4, -0.2) is 11.7 Å². The van der Waals surface area contributed by atoms with Gasteiger partial charge in [0.15, 0.2) is 5.69 Å². The van der Waals surface area contributed by atoms with Gasteiger partial charge >= 0.3 is 0 Å². The summed E-state index contributed by atoms with van der Waals surface area (Å²) in [6, 6.07) is 6.36. The van der Waals surface area contributed by atoms with Gasteiger partial charge in [-0.2, -0.15) is 0 Å². The first-order chi connectivity index (χ1) is 8.67. The summed E-state index contributed by atoms with van der Waals surface area (Å²) in [5, 5.41) is 14.1. The third-order valence-corrected chi connectivity index (χ3v) is 2.79. The Morgan fingerprint density at radius 1 is 1.39 bits per heavy atom. The van der Waals surface area contributed by atoms with E-state index in [9.17, 15) is 10.0 Å². The molecule has 2 aromatic rings. The van der Waals surface area contributed by atoms with Gasteiger partial charge in [0.05, 0.1) is 11.6 Å². The van der Waals surface area contributed by atoms with Crippen molar-refractivity contribution in [2.24, 2.45) is 10.9 Å². The summed E-state index contributed by atoms with van der Waals surface area (Å²) in [5.41, 5.74) is 5.83. The molecule has 0 amide bonds. The average molecular weight is 261 g/mol. The molecule has 0 spiro atoms. The third-order valence-electron chi connectivity index (χ3n) is 2.47. The maximum Gasteiger partial charge on any atom is 0.157 e. The van der Waals surface area contributed by atoms with Crippen LogP contribution < -0.4 is 5.73 Å². The van der Waals surface area contributed by atoms with E-state index in [1.165, 1.54) is 6.07 Å². The van der Waals surface area contributed by atoms with Crippen molar-refractivity contribution in [3.05, 3.63) is 39.8 Å². The number of phenolic OH excluding ortho intramolecular Hbond substituents is 1. The lowest BCUT2D eigenvalue weighted by Gasteiger charge is -2.04. The predicted molar refractivity (Wildman–Crippen MR) is 72.0 cm³/mol. The van der Waals surface area contributed by atoms with E-state index in [2.05, 4.69) is 17.0 Å². The molecule has 0 fully saturated rings. The Labute approximate surface area is 108 Å². The molecule has 0 radical (unpaired) electrons. The molecule has 0 unspecified atom stereocenters. The first-order valence-corrected chi connectivity index (χ1v) is 5.52. The van der Waals surface area contributed by atoms with Crippen LogP contribution in [0.3, 0.4) is 0 Å². The summed E-state index contributed by atoms with van der Waals surface area (Å²) in [4.78, 5) is 10.8. The first-order valence-electron chi connectivity index (χ1n) is 5.15. The molecule has 2 aromatic carbocycles. The van der Waals surface area contributed by atoms with E-state index in [1.807, 2.05) is 0 Å². The highest BCUT2D eigenvalue weighted by atomic mass is 35.5. The van der Waals surface area contributed by atoms with Crippen LogP contribution >= 0.6 is 11.6 Å². The van der Waals surface area contributed by atoms with E-state index in [-0.39, 0.29) is 18.0 Å². The fourth-order valence-electron chi connectivity index (χ4n) is 1.66. The Balaban J connectivity index is 2.78. The fourth-order valence-corrected chi connectivity index (χ4v) is 1.87. The van der Waals surface area contributed by atoms with Crippen molar-refractivity contribution in [3.63, 3.8) is 0 Å². The zero-order chi connectivity index (χ0) is 13.1. The summed E-state index contributed by atoms with van der Waals surface area (Å²) in [5.74, 6) is 5.32. The first kappa shape index (κ1) is 12.4. The number of halogens is 1. The minimum Gasteiger partial charge on any atom is -0.506 e. The zero-order valence-electron chi connectivity index (χ0n) is 9.27. The highest BCUT2D eigenvalue weighted by molar-refractivity contribution is 6.32. The molecule has 0 atom stereocenters. The molecule has 90 valence electrons. The lowest BCUT2D eigenvalue weighted by molar-refractivity contribution is 0.477. The largest absolute Gasteiger partial charge is 0.506 e. The molecule has 0 aliphatic heterocycles. The fraction of sp³-hybridized carbons (Fsp3) is 0.0769. The van der Waals surface area contributed by atoms with E-state index in [0.29, 0.717) is 21.4 Å². The number of fused-ring (bicyclic) bond motifs is 1. The summed E-state index contributed by atoms with van der Waals surface area (Å²) < 4.78 is 0. The van der Waals surface area contributed by atoms with Crippen LogP contribution in [-0.2, 0) is 0 Å². The van der Waals surface area contributed by atoms with E-state index in [4.69, 9.17) is 17.3 Å². The Morgan fingerprint density at radius 3 is 2.83 bits per heavy atom. The minimum absolute atomic E-state index is 0.0139. The number of nitrogens with two attached hydrogens (primary N) is 1. The van der Waals surface area contributed by atoms with Gasteiger partial charge in [0, 0.05) is 10.9 Å². The average Bonchev–Trinajstić information content (AvgIpc) is 2.37. The van der Waals surface area contributed by atoms with Crippen molar-refractivity contribution < 1.29 is 5.11 Å². The van der Waals surface area contributed by atoms with Gasteiger partial charge in [-0.05, 0) is 28.8 Å². The number of nitrogens with zero attached hydrogens (tertiary/aromatic N) is 1. The SMILES string of the molecule is NCC#Cc1cc2c(N=O)c(O)ccc2cc1Cl. The second-order valence-electron chi connectivity index (χ2n) is 3.58. The summed E-state index contributed by atoms with van der Waals surface area (Å²) in [6.07, 6.45) is 0. The van der Waals surface area contributed by atoms with Crippen LogP contribution in [0.4, 0.5) is 5.69 Å². The Bertz CT molecular complexity index is 687. The van der Waals surface area contributed by atoms with E-state index in [0.717, 1.165) is 0 Å². The second-order valence-corrected chi connectivity index (χ2v) is 3.99. The van der Waals surface area contributed by atoms with Gasteiger partial charge in [-0.1, -0.05) is 29.5 Å². The molecular weight excluding hydrogens is 252 g/mol. The van der Waals surface area contributed by atoms with Gasteiger partial charge in [-0.15, -0.1) is 4.91 Å². The van der Waals surface area contributed by atoms with E-state index >= 15 is 0 Å². The van der Waals surface area contributed by atoms with Crippen molar-refractivity contribution in [1.29, 1.82) is 0 Å². The molecule has 0 aromatic heterocycles. The van der Waals surface area contributed by atoms with Crippen LogP contribution in [0.1, 0.15) is 5.56 Å². The highest BCUT2D eigenvalue weighted by Gasteiger charge is 2.10. The van der Waals surface area contributed by atoms with Gasteiger partial charge in [-0.25, -0.2) is 0 Å². The van der Waals surface area contributed by atoms with Crippen molar-refractivity contribution in [3.8, 4) is 17.6 Å². The third kappa shape index (κ3) is 2.14. The molecule has 0 saturated heterocycles. The number of benzene rings is 2. The number of nitroso groups, excluding NO2 is 1. The normalized spacial score (nSPS) is 9.89. The van der Waals surface area contributed by atoms with Crippen molar-refractivity contribution >= 4 is 28.1 Å². The molecule has 2 rings (SSSR count). The number of rotatable bonds is 1. The van der Waals surface area contributed by atoms with Gasteiger partial charge in [0.1, 0.15) is 5.75 Å². The summed E-state index contributed by atoms with van der Waals surface area (Å²) in [6.45, 7) is 0.215. The van der Waals surface area contributed by atoms with E-state index in [1.54, 1.807) is 18.2 Å². The predicted octanol–water partition coefficient (Wildman–Crippen LogP) is 2.91. The molecule has 18 heavy (non-hydrogen) atoms. The molecule has 4 nitrogen and oxygen atoms in total. The molecule has 0 aliphatic carbocycles. The zero-order valence-corrected chi connectivity index (χ0v) is 10.0. The Hall–Kier alpha value is -2.09. The monoisotopic (exact) mass is 260 g/mol.